The first-order chi connectivity index (χ1) is 10.2. The normalized spacial score (nSPS) is 27.3. The molecule has 0 spiro atoms. The SMILES string of the molecule is CC[C@@H]1CN(C)[C@H](c2cc3ccccc3[nH]2)C[C@@H]1CCO. The Morgan fingerprint density at radius 3 is 2.81 bits per heavy atom. The molecule has 21 heavy (non-hydrogen) atoms. The molecular weight excluding hydrogens is 260 g/mol. The molecule has 3 atom stereocenters. The Balaban J connectivity index is 1.86. The summed E-state index contributed by atoms with van der Waals surface area (Å²) in [5.41, 5.74) is 2.54. The molecule has 1 fully saturated rings. The van der Waals surface area contributed by atoms with Gasteiger partial charge in [0.1, 0.15) is 0 Å². The molecule has 3 rings (SSSR count). The molecule has 0 saturated carbocycles. The number of nitrogens with zero attached hydrogens (tertiary/aromatic N) is 1. The lowest BCUT2D eigenvalue weighted by atomic mass is 9.78. The third-order valence-corrected chi connectivity index (χ3v) is 5.18. The largest absolute Gasteiger partial charge is 0.396 e. The molecular formula is C18H26N2O. The fourth-order valence-electron chi connectivity index (χ4n) is 3.93. The van der Waals surface area contributed by atoms with Gasteiger partial charge in [-0.3, -0.25) is 4.90 Å². The molecule has 0 amide bonds. The molecule has 0 radical (unpaired) electrons. The number of likely N-dealkylation sites (tertiary alicyclic amines) is 1. The van der Waals surface area contributed by atoms with E-state index in [1.54, 1.807) is 0 Å². The van der Waals surface area contributed by atoms with Gasteiger partial charge in [-0.15, -0.1) is 0 Å². The molecule has 0 unspecified atom stereocenters. The van der Waals surface area contributed by atoms with Crippen LogP contribution in [0.3, 0.4) is 0 Å². The minimum atomic E-state index is 0.310. The summed E-state index contributed by atoms with van der Waals surface area (Å²) in [6, 6.07) is 11.2. The number of piperidine rings is 1. The Morgan fingerprint density at radius 1 is 1.29 bits per heavy atom. The summed E-state index contributed by atoms with van der Waals surface area (Å²) < 4.78 is 0. The van der Waals surface area contributed by atoms with E-state index >= 15 is 0 Å². The minimum absolute atomic E-state index is 0.310. The van der Waals surface area contributed by atoms with Crippen molar-refractivity contribution in [3.8, 4) is 0 Å². The van der Waals surface area contributed by atoms with Crippen LogP contribution in [0.4, 0.5) is 0 Å². The highest BCUT2D eigenvalue weighted by Gasteiger charge is 2.33. The van der Waals surface area contributed by atoms with Crippen LogP contribution >= 0.6 is 0 Å². The van der Waals surface area contributed by atoms with Crippen molar-refractivity contribution in [1.82, 2.24) is 9.88 Å². The van der Waals surface area contributed by atoms with Crippen LogP contribution in [-0.4, -0.2) is 35.2 Å². The second-order valence-corrected chi connectivity index (χ2v) is 6.44. The van der Waals surface area contributed by atoms with Crippen LogP contribution in [0, 0.1) is 11.8 Å². The van der Waals surface area contributed by atoms with E-state index < -0.39 is 0 Å². The quantitative estimate of drug-likeness (QED) is 0.902. The van der Waals surface area contributed by atoms with Gasteiger partial charge in [0.15, 0.2) is 0 Å². The number of nitrogens with one attached hydrogen (secondary N) is 1. The lowest BCUT2D eigenvalue weighted by Crippen LogP contribution is -2.40. The van der Waals surface area contributed by atoms with Crippen LogP contribution in [0.1, 0.15) is 37.9 Å². The van der Waals surface area contributed by atoms with Gasteiger partial charge in [0.25, 0.3) is 0 Å². The maximum atomic E-state index is 9.35. The van der Waals surface area contributed by atoms with Crippen LogP contribution in [0.5, 0.6) is 0 Å². The van der Waals surface area contributed by atoms with Crippen molar-refractivity contribution in [2.75, 3.05) is 20.2 Å². The predicted octanol–water partition coefficient (Wildman–Crippen LogP) is 3.57. The number of aliphatic hydroxyl groups is 1. The fourth-order valence-corrected chi connectivity index (χ4v) is 3.93. The summed E-state index contributed by atoms with van der Waals surface area (Å²) in [6.07, 6.45) is 3.28. The Labute approximate surface area is 127 Å². The van der Waals surface area contributed by atoms with Crippen LogP contribution in [0.15, 0.2) is 30.3 Å². The molecule has 2 N–H and O–H groups in total. The number of rotatable bonds is 4. The van der Waals surface area contributed by atoms with Crippen molar-refractivity contribution in [1.29, 1.82) is 0 Å². The fraction of sp³-hybridized carbons (Fsp3) is 0.556. The zero-order valence-corrected chi connectivity index (χ0v) is 13.0. The summed E-state index contributed by atoms with van der Waals surface area (Å²) in [5.74, 6) is 1.34. The first-order valence-corrected chi connectivity index (χ1v) is 8.11. The van der Waals surface area contributed by atoms with Gasteiger partial charge < -0.3 is 10.1 Å². The van der Waals surface area contributed by atoms with Crippen molar-refractivity contribution < 1.29 is 5.11 Å². The van der Waals surface area contributed by atoms with Crippen LogP contribution in [0.2, 0.25) is 0 Å². The summed E-state index contributed by atoms with van der Waals surface area (Å²) in [5, 5.41) is 10.6. The highest BCUT2D eigenvalue weighted by atomic mass is 16.3. The van der Waals surface area contributed by atoms with Crippen molar-refractivity contribution in [2.45, 2.75) is 32.2 Å². The van der Waals surface area contributed by atoms with E-state index in [1.807, 2.05) is 0 Å². The molecule has 0 aliphatic carbocycles. The predicted molar refractivity (Wildman–Crippen MR) is 87.3 cm³/mol. The van der Waals surface area contributed by atoms with E-state index in [9.17, 15) is 5.11 Å². The number of aromatic nitrogens is 1. The van der Waals surface area contributed by atoms with E-state index in [0.717, 1.165) is 19.4 Å². The maximum Gasteiger partial charge on any atom is 0.0498 e. The van der Waals surface area contributed by atoms with E-state index in [-0.39, 0.29) is 0 Å². The molecule has 1 aromatic heterocycles. The summed E-state index contributed by atoms with van der Waals surface area (Å²) in [4.78, 5) is 6.07. The van der Waals surface area contributed by atoms with Crippen LogP contribution in [0.25, 0.3) is 10.9 Å². The van der Waals surface area contributed by atoms with Gasteiger partial charge >= 0.3 is 0 Å². The van der Waals surface area contributed by atoms with Gasteiger partial charge in [-0.25, -0.2) is 0 Å². The second kappa shape index (κ2) is 6.20. The van der Waals surface area contributed by atoms with Crippen molar-refractivity contribution in [2.24, 2.45) is 11.8 Å². The molecule has 1 aliphatic heterocycles. The van der Waals surface area contributed by atoms with E-state index in [2.05, 4.69) is 54.2 Å². The molecule has 3 nitrogen and oxygen atoms in total. The summed E-state index contributed by atoms with van der Waals surface area (Å²) >= 11 is 0. The molecule has 0 bridgehead atoms. The lowest BCUT2D eigenvalue weighted by Gasteiger charge is -2.42. The zero-order chi connectivity index (χ0) is 14.8. The average Bonchev–Trinajstić information content (AvgIpc) is 2.92. The number of aromatic amines is 1. The standard InChI is InChI=1S/C18H26N2O/c1-3-13-12-20(2)18(11-14(13)8-9-21)17-10-15-6-4-5-7-16(15)19-17/h4-7,10,13-14,18-19,21H,3,8-9,11-12H2,1-2H3/t13-,14+,18+/m1/s1. The van der Waals surface area contributed by atoms with Crippen LogP contribution < -0.4 is 0 Å². The third kappa shape index (κ3) is 2.85. The van der Waals surface area contributed by atoms with Crippen molar-refractivity contribution in [3.63, 3.8) is 0 Å². The van der Waals surface area contributed by atoms with Crippen LogP contribution in [-0.2, 0) is 0 Å². The summed E-state index contributed by atoms with van der Waals surface area (Å²) in [7, 11) is 2.23. The number of hydrogen-bond donors (Lipinski definition) is 2. The van der Waals surface area contributed by atoms with Crippen molar-refractivity contribution >= 4 is 10.9 Å². The van der Waals surface area contributed by atoms with Gasteiger partial charge in [0.05, 0.1) is 0 Å². The third-order valence-electron chi connectivity index (χ3n) is 5.18. The number of para-hydroxylation sites is 1. The Morgan fingerprint density at radius 2 is 2.10 bits per heavy atom. The number of hydrogen-bond acceptors (Lipinski definition) is 2. The van der Waals surface area contributed by atoms with Gasteiger partial charge in [0, 0.05) is 30.4 Å². The molecule has 114 valence electrons. The maximum absolute atomic E-state index is 9.35. The number of aliphatic hydroxyl groups excluding tert-OH is 1. The van der Waals surface area contributed by atoms with Gasteiger partial charge in [-0.1, -0.05) is 31.5 Å². The highest BCUT2D eigenvalue weighted by Crippen LogP contribution is 2.39. The molecule has 1 saturated heterocycles. The Hall–Kier alpha value is -1.32. The first-order valence-electron chi connectivity index (χ1n) is 8.11. The molecule has 2 aromatic rings. The highest BCUT2D eigenvalue weighted by molar-refractivity contribution is 5.80. The minimum Gasteiger partial charge on any atom is -0.396 e. The van der Waals surface area contributed by atoms with E-state index in [0.29, 0.717) is 24.5 Å². The zero-order valence-electron chi connectivity index (χ0n) is 13.0. The molecule has 3 heteroatoms. The first kappa shape index (κ1) is 14.6. The smallest absolute Gasteiger partial charge is 0.0498 e. The number of H-pyrrole nitrogens is 1. The Kier molecular flexibility index (Phi) is 4.32. The van der Waals surface area contributed by atoms with Gasteiger partial charge in [-0.2, -0.15) is 0 Å². The van der Waals surface area contributed by atoms with Gasteiger partial charge in [-0.05, 0) is 49.2 Å². The van der Waals surface area contributed by atoms with Crippen molar-refractivity contribution in [3.05, 3.63) is 36.0 Å². The second-order valence-electron chi connectivity index (χ2n) is 6.44. The summed E-state index contributed by atoms with van der Waals surface area (Å²) in [6.45, 7) is 3.71. The van der Waals surface area contributed by atoms with Gasteiger partial charge in [0.2, 0.25) is 0 Å². The lowest BCUT2D eigenvalue weighted by molar-refractivity contribution is 0.0647. The monoisotopic (exact) mass is 286 g/mol. The van der Waals surface area contributed by atoms with E-state index in [1.165, 1.54) is 23.0 Å². The molecule has 1 aliphatic rings. The average molecular weight is 286 g/mol. The Bertz CT molecular complexity index is 559. The van der Waals surface area contributed by atoms with E-state index in [4.69, 9.17) is 0 Å². The molecule has 1 aromatic carbocycles. The topological polar surface area (TPSA) is 39.3 Å². The molecule has 2 heterocycles. The number of benzene rings is 1. The number of fused-ring (bicyclic) bond motifs is 1.